The molecule has 1 N–H and O–H groups in total. The minimum atomic E-state index is -0.855. The van der Waals surface area contributed by atoms with Crippen LogP contribution in [0.1, 0.15) is 26.3 Å². The number of hydrogen-bond acceptors (Lipinski definition) is 6. The maximum atomic E-state index is 12.1. The van der Waals surface area contributed by atoms with Gasteiger partial charge in [0.25, 0.3) is 0 Å². The number of hydrogen-bond donors (Lipinski definition) is 1. The first kappa shape index (κ1) is 23.0. The summed E-state index contributed by atoms with van der Waals surface area (Å²) in [6.45, 7) is 8.85. The predicted molar refractivity (Wildman–Crippen MR) is 105 cm³/mol. The van der Waals surface area contributed by atoms with Crippen LogP contribution in [0.5, 0.6) is 0 Å². The quantitative estimate of drug-likeness (QED) is 0.434. The fourth-order valence-corrected chi connectivity index (χ4v) is 2.24. The van der Waals surface area contributed by atoms with Gasteiger partial charge in [-0.25, -0.2) is 14.4 Å². The molecular formula is C20H28N2O6. The SMILES string of the molecule is C=CCOC(=O)N(C)[C@@H](Cc1ccc(NC(=O)OC(C)(C)C)cc1)C(=O)OC. The van der Waals surface area contributed by atoms with E-state index in [0.29, 0.717) is 5.69 Å². The van der Waals surface area contributed by atoms with Gasteiger partial charge in [0.2, 0.25) is 0 Å². The fraction of sp³-hybridized carbons (Fsp3) is 0.450. The van der Waals surface area contributed by atoms with Gasteiger partial charge in [-0.3, -0.25) is 10.2 Å². The monoisotopic (exact) mass is 392 g/mol. The molecule has 2 amide bonds. The largest absolute Gasteiger partial charge is 0.467 e. The molecule has 0 spiro atoms. The zero-order chi connectivity index (χ0) is 21.3. The molecule has 0 fully saturated rings. The standard InChI is InChI=1S/C20H28N2O6/c1-7-12-27-19(25)22(5)16(17(23)26-6)13-14-8-10-15(11-9-14)21-18(24)28-20(2,3)4/h7-11,16H,1,12-13H2,2-6H3,(H,21,24)/t16-/m0/s1. The Kier molecular flexibility index (Phi) is 8.50. The van der Waals surface area contributed by atoms with Crippen LogP contribution in [0.4, 0.5) is 15.3 Å². The van der Waals surface area contributed by atoms with E-state index in [1.54, 1.807) is 45.0 Å². The molecule has 154 valence electrons. The van der Waals surface area contributed by atoms with E-state index in [2.05, 4.69) is 11.9 Å². The summed E-state index contributed by atoms with van der Waals surface area (Å²) < 4.78 is 15.0. The molecule has 0 saturated heterocycles. The molecule has 1 rings (SSSR count). The average Bonchev–Trinajstić information content (AvgIpc) is 2.62. The molecular weight excluding hydrogens is 364 g/mol. The first-order valence-corrected chi connectivity index (χ1v) is 8.74. The van der Waals surface area contributed by atoms with Crippen molar-refractivity contribution in [2.45, 2.75) is 38.8 Å². The van der Waals surface area contributed by atoms with Crippen LogP contribution < -0.4 is 5.32 Å². The number of amides is 2. The number of benzene rings is 1. The second-order valence-corrected chi connectivity index (χ2v) is 7.04. The van der Waals surface area contributed by atoms with Gasteiger partial charge in [-0.05, 0) is 38.5 Å². The second-order valence-electron chi connectivity index (χ2n) is 7.04. The van der Waals surface area contributed by atoms with E-state index in [-0.39, 0.29) is 13.0 Å². The van der Waals surface area contributed by atoms with Crippen molar-refractivity contribution in [3.8, 4) is 0 Å². The first-order valence-electron chi connectivity index (χ1n) is 8.74. The molecule has 0 aromatic heterocycles. The summed E-state index contributed by atoms with van der Waals surface area (Å²) in [5.74, 6) is -0.561. The van der Waals surface area contributed by atoms with Gasteiger partial charge in [-0.15, -0.1) is 0 Å². The van der Waals surface area contributed by atoms with Gasteiger partial charge in [-0.1, -0.05) is 24.8 Å². The Morgan fingerprint density at radius 3 is 2.32 bits per heavy atom. The fourth-order valence-electron chi connectivity index (χ4n) is 2.24. The van der Waals surface area contributed by atoms with Crippen molar-refractivity contribution in [3.63, 3.8) is 0 Å². The molecule has 0 aliphatic rings. The van der Waals surface area contributed by atoms with Gasteiger partial charge in [0.15, 0.2) is 0 Å². The highest BCUT2D eigenvalue weighted by molar-refractivity contribution is 5.85. The van der Waals surface area contributed by atoms with Crippen LogP contribution in [0.3, 0.4) is 0 Å². The van der Waals surface area contributed by atoms with Crippen molar-refractivity contribution < 1.29 is 28.6 Å². The van der Waals surface area contributed by atoms with Gasteiger partial charge < -0.3 is 14.2 Å². The van der Waals surface area contributed by atoms with Crippen LogP contribution >= 0.6 is 0 Å². The summed E-state index contributed by atoms with van der Waals surface area (Å²) >= 11 is 0. The minimum absolute atomic E-state index is 0.0437. The van der Waals surface area contributed by atoms with Gasteiger partial charge in [0, 0.05) is 19.2 Å². The molecule has 0 aliphatic carbocycles. The van der Waals surface area contributed by atoms with Gasteiger partial charge >= 0.3 is 18.2 Å². The Balaban J connectivity index is 2.81. The third-order valence-electron chi connectivity index (χ3n) is 3.58. The van der Waals surface area contributed by atoms with E-state index < -0.39 is 29.8 Å². The van der Waals surface area contributed by atoms with Crippen LogP contribution in [0.25, 0.3) is 0 Å². The second kappa shape index (κ2) is 10.3. The predicted octanol–water partition coefficient (Wildman–Crippen LogP) is 3.37. The van der Waals surface area contributed by atoms with Crippen molar-refractivity contribution in [3.05, 3.63) is 42.5 Å². The summed E-state index contributed by atoms with van der Waals surface area (Å²) in [4.78, 5) is 37.1. The van der Waals surface area contributed by atoms with E-state index in [0.717, 1.165) is 5.56 Å². The molecule has 0 radical (unpaired) electrons. The number of anilines is 1. The van der Waals surface area contributed by atoms with E-state index in [1.165, 1.54) is 25.1 Å². The zero-order valence-corrected chi connectivity index (χ0v) is 17.0. The summed E-state index contributed by atoms with van der Waals surface area (Å²) in [6.07, 6.45) is 0.449. The molecule has 0 aliphatic heterocycles. The van der Waals surface area contributed by atoms with Crippen LogP contribution in [0.2, 0.25) is 0 Å². The van der Waals surface area contributed by atoms with Crippen molar-refractivity contribution >= 4 is 23.8 Å². The highest BCUT2D eigenvalue weighted by Crippen LogP contribution is 2.16. The van der Waals surface area contributed by atoms with Gasteiger partial charge in [-0.2, -0.15) is 0 Å². The number of carbonyl (C=O) groups is 3. The van der Waals surface area contributed by atoms with Crippen molar-refractivity contribution in [1.29, 1.82) is 0 Å². The lowest BCUT2D eigenvalue weighted by molar-refractivity contribution is -0.145. The molecule has 1 atom stereocenters. The minimum Gasteiger partial charge on any atom is -0.467 e. The zero-order valence-electron chi connectivity index (χ0n) is 17.0. The van der Waals surface area contributed by atoms with Crippen LogP contribution in [-0.4, -0.2) is 55.5 Å². The molecule has 0 bridgehead atoms. The number of nitrogens with one attached hydrogen (secondary N) is 1. The molecule has 28 heavy (non-hydrogen) atoms. The first-order chi connectivity index (χ1) is 13.1. The van der Waals surface area contributed by atoms with E-state index in [9.17, 15) is 14.4 Å². The maximum absolute atomic E-state index is 12.1. The van der Waals surface area contributed by atoms with Crippen molar-refractivity contribution in [2.24, 2.45) is 0 Å². The lowest BCUT2D eigenvalue weighted by Crippen LogP contribution is -2.44. The lowest BCUT2D eigenvalue weighted by Gasteiger charge is -2.25. The van der Waals surface area contributed by atoms with Crippen LogP contribution in [0, 0.1) is 0 Å². The molecule has 0 saturated carbocycles. The third kappa shape index (κ3) is 7.69. The summed E-state index contributed by atoms with van der Waals surface area (Å²) in [7, 11) is 2.72. The molecule has 1 aromatic carbocycles. The highest BCUT2D eigenvalue weighted by atomic mass is 16.6. The normalized spacial score (nSPS) is 11.8. The number of ether oxygens (including phenoxy) is 3. The number of esters is 1. The van der Waals surface area contributed by atoms with E-state index in [4.69, 9.17) is 14.2 Å². The number of rotatable bonds is 7. The Morgan fingerprint density at radius 1 is 1.21 bits per heavy atom. The Labute approximate surface area is 165 Å². The van der Waals surface area contributed by atoms with Crippen molar-refractivity contribution in [1.82, 2.24) is 4.90 Å². The maximum Gasteiger partial charge on any atom is 0.412 e. The van der Waals surface area contributed by atoms with Gasteiger partial charge in [0.1, 0.15) is 18.2 Å². The lowest BCUT2D eigenvalue weighted by atomic mass is 10.0. The van der Waals surface area contributed by atoms with E-state index in [1.807, 2.05) is 0 Å². The molecule has 1 aromatic rings. The summed E-state index contributed by atoms with van der Waals surface area (Å²) in [5.41, 5.74) is 0.725. The number of carbonyl (C=O) groups excluding carboxylic acids is 3. The van der Waals surface area contributed by atoms with Gasteiger partial charge in [0.05, 0.1) is 7.11 Å². The summed E-state index contributed by atoms with van der Waals surface area (Å²) in [5, 5.41) is 2.63. The Hall–Kier alpha value is -3.03. The molecule has 8 nitrogen and oxygen atoms in total. The summed E-state index contributed by atoms with van der Waals surface area (Å²) in [6, 6.07) is 6.00. The van der Waals surface area contributed by atoms with E-state index >= 15 is 0 Å². The molecule has 8 heteroatoms. The van der Waals surface area contributed by atoms with Crippen LogP contribution in [-0.2, 0) is 25.4 Å². The smallest absolute Gasteiger partial charge is 0.412 e. The Morgan fingerprint density at radius 2 is 1.82 bits per heavy atom. The van der Waals surface area contributed by atoms with Crippen molar-refractivity contribution in [2.75, 3.05) is 26.1 Å². The third-order valence-corrected chi connectivity index (χ3v) is 3.58. The number of methoxy groups -OCH3 is 1. The molecule has 0 unspecified atom stereocenters. The average molecular weight is 392 g/mol. The Bertz CT molecular complexity index is 694. The number of nitrogens with zero attached hydrogens (tertiary/aromatic N) is 1. The molecule has 0 heterocycles. The number of likely N-dealkylation sites (N-methyl/N-ethyl adjacent to an activating group) is 1. The van der Waals surface area contributed by atoms with Crippen LogP contribution in [0.15, 0.2) is 36.9 Å². The topological polar surface area (TPSA) is 94.2 Å². The highest BCUT2D eigenvalue weighted by Gasteiger charge is 2.29.